The number of fused-ring (bicyclic) bond motifs is 1. The summed E-state index contributed by atoms with van der Waals surface area (Å²) in [4.78, 5) is 29.1. The molecule has 7 heteroatoms. The zero-order chi connectivity index (χ0) is 15.6. The van der Waals surface area contributed by atoms with Gasteiger partial charge in [0.2, 0.25) is 0 Å². The van der Waals surface area contributed by atoms with Gasteiger partial charge < -0.3 is 10.0 Å². The molecule has 1 amide bonds. The van der Waals surface area contributed by atoms with Crippen molar-refractivity contribution in [1.29, 1.82) is 0 Å². The van der Waals surface area contributed by atoms with Gasteiger partial charge in [0.1, 0.15) is 11.3 Å². The van der Waals surface area contributed by atoms with E-state index in [0.29, 0.717) is 23.5 Å². The predicted octanol–water partition coefficient (Wildman–Crippen LogP) is 2.21. The minimum Gasteiger partial charge on any atom is -0.481 e. The van der Waals surface area contributed by atoms with Gasteiger partial charge in [0.15, 0.2) is 0 Å². The molecule has 0 aliphatic rings. The largest absolute Gasteiger partial charge is 0.481 e. The van der Waals surface area contributed by atoms with Crippen molar-refractivity contribution in [2.24, 2.45) is 0 Å². The standard InChI is InChI=1S/C14H16BrN3O3/c1-3-10-13(14(21)17(2)7-6-12(19)20)18-8-9(15)4-5-11(18)16-10/h4-5,8H,3,6-7H2,1-2H3,(H,19,20). The minimum absolute atomic E-state index is 0.0792. The van der Waals surface area contributed by atoms with Crippen molar-refractivity contribution in [3.05, 3.63) is 34.2 Å². The number of amides is 1. The normalized spacial score (nSPS) is 10.8. The third-order valence-electron chi connectivity index (χ3n) is 3.20. The van der Waals surface area contributed by atoms with Crippen LogP contribution in [0, 0.1) is 0 Å². The van der Waals surface area contributed by atoms with Crippen molar-refractivity contribution in [3.8, 4) is 0 Å². The van der Waals surface area contributed by atoms with Crippen LogP contribution in [0.5, 0.6) is 0 Å². The molecule has 0 aromatic carbocycles. The van der Waals surface area contributed by atoms with Crippen molar-refractivity contribution in [2.45, 2.75) is 19.8 Å². The number of hydrogen-bond donors (Lipinski definition) is 1. The van der Waals surface area contributed by atoms with E-state index in [2.05, 4.69) is 20.9 Å². The molecule has 0 spiro atoms. The maximum absolute atomic E-state index is 12.6. The molecule has 0 unspecified atom stereocenters. The lowest BCUT2D eigenvalue weighted by molar-refractivity contribution is -0.137. The summed E-state index contributed by atoms with van der Waals surface area (Å²) < 4.78 is 2.58. The lowest BCUT2D eigenvalue weighted by atomic mass is 10.2. The highest BCUT2D eigenvalue weighted by atomic mass is 79.9. The smallest absolute Gasteiger partial charge is 0.305 e. The van der Waals surface area contributed by atoms with Gasteiger partial charge in [0, 0.05) is 24.3 Å². The number of aryl methyl sites for hydroxylation is 1. The number of hydrogen-bond acceptors (Lipinski definition) is 3. The molecule has 2 heterocycles. The summed E-state index contributed by atoms with van der Waals surface area (Å²) in [6.07, 6.45) is 2.34. The van der Waals surface area contributed by atoms with Crippen LogP contribution < -0.4 is 0 Å². The van der Waals surface area contributed by atoms with Crippen LogP contribution in [0.2, 0.25) is 0 Å². The minimum atomic E-state index is -0.925. The number of carboxylic acids is 1. The van der Waals surface area contributed by atoms with E-state index < -0.39 is 5.97 Å². The summed E-state index contributed by atoms with van der Waals surface area (Å²) in [7, 11) is 1.60. The summed E-state index contributed by atoms with van der Waals surface area (Å²) >= 11 is 3.38. The van der Waals surface area contributed by atoms with Gasteiger partial charge in [-0.3, -0.25) is 14.0 Å². The summed E-state index contributed by atoms with van der Waals surface area (Å²) in [5.41, 5.74) is 1.90. The fourth-order valence-corrected chi connectivity index (χ4v) is 2.42. The highest BCUT2D eigenvalue weighted by Crippen LogP contribution is 2.19. The zero-order valence-corrected chi connectivity index (χ0v) is 13.4. The Morgan fingerprint density at radius 3 is 2.76 bits per heavy atom. The van der Waals surface area contributed by atoms with Gasteiger partial charge in [0.25, 0.3) is 5.91 Å². The molecule has 0 aliphatic heterocycles. The summed E-state index contributed by atoms with van der Waals surface area (Å²) in [5, 5.41) is 8.72. The van der Waals surface area contributed by atoms with Gasteiger partial charge in [0.05, 0.1) is 12.1 Å². The van der Waals surface area contributed by atoms with Crippen LogP contribution in [-0.2, 0) is 11.2 Å². The van der Waals surface area contributed by atoms with Crippen LogP contribution in [0.4, 0.5) is 0 Å². The Morgan fingerprint density at radius 1 is 1.43 bits per heavy atom. The number of carboxylic acid groups (broad SMARTS) is 1. The highest BCUT2D eigenvalue weighted by molar-refractivity contribution is 9.10. The average molecular weight is 354 g/mol. The van der Waals surface area contributed by atoms with Crippen LogP contribution in [-0.4, -0.2) is 44.9 Å². The number of halogens is 1. The lowest BCUT2D eigenvalue weighted by Crippen LogP contribution is -2.30. The monoisotopic (exact) mass is 353 g/mol. The Balaban J connectivity index is 2.41. The van der Waals surface area contributed by atoms with E-state index in [0.717, 1.165) is 4.47 Å². The Morgan fingerprint density at radius 2 is 2.14 bits per heavy atom. The number of carbonyl (C=O) groups is 2. The molecule has 6 nitrogen and oxygen atoms in total. The molecular weight excluding hydrogens is 338 g/mol. The topological polar surface area (TPSA) is 74.9 Å². The van der Waals surface area contributed by atoms with Crippen LogP contribution in [0.25, 0.3) is 5.65 Å². The van der Waals surface area contributed by atoms with E-state index in [1.54, 1.807) is 17.6 Å². The molecule has 21 heavy (non-hydrogen) atoms. The maximum atomic E-state index is 12.6. The Labute approximate surface area is 130 Å². The van der Waals surface area contributed by atoms with E-state index in [9.17, 15) is 9.59 Å². The number of aromatic nitrogens is 2. The molecule has 0 atom stereocenters. The Hall–Kier alpha value is -1.89. The first-order chi connectivity index (χ1) is 9.93. The fourth-order valence-electron chi connectivity index (χ4n) is 2.09. The second-order valence-corrected chi connectivity index (χ2v) is 5.62. The molecule has 0 saturated heterocycles. The fraction of sp³-hybridized carbons (Fsp3) is 0.357. The molecule has 1 N–H and O–H groups in total. The summed E-state index contributed by atoms with van der Waals surface area (Å²) in [6, 6.07) is 3.70. The number of aliphatic carboxylic acids is 1. The van der Waals surface area contributed by atoms with Gasteiger partial charge in [-0.25, -0.2) is 4.98 Å². The number of imidazole rings is 1. The molecule has 2 rings (SSSR count). The average Bonchev–Trinajstić information content (AvgIpc) is 2.81. The van der Waals surface area contributed by atoms with E-state index in [1.165, 1.54) is 4.90 Å². The highest BCUT2D eigenvalue weighted by Gasteiger charge is 2.21. The van der Waals surface area contributed by atoms with E-state index in [-0.39, 0.29) is 18.9 Å². The van der Waals surface area contributed by atoms with Crippen LogP contribution in [0.15, 0.2) is 22.8 Å². The van der Waals surface area contributed by atoms with Crippen molar-refractivity contribution in [3.63, 3.8) is 0 Å². The van der Waals surface area contributed by atoms with Crippen molar-refractivity contribution in [1.82, 2.24) is 14.3 Å². The quantitative estimate of drug-likeness (QED) is 0.893. The first kappa shape index (κ1) is 15.5. The van der Waals surface area contributed by atoms with Gasteiger partial charge in [-0.2, -0.15) is 0 Å². The number of carbonyl (C=O) groups excluding carboxylic acids is 1. The van der Waals surface area contributed by atoms with Crippen LogP contribution in [0.1, 0.15) is 29.5 Å². The molecular formula is C14H16BrN3O3. The van der Waals surface area contributed by atoms with Crippen LogP contribution >= 0.6 is 15.9 Å². The molecule has 0 fully saturated rings. The van der Waals surface area contributed by atoms with Gasteiger partial charge in [-0.05, 0) is 34.5 Å². The molecule has 0 saturated carbocycles. The zero-order valence-electron chi connectivity index (χ0n) is 11.8. The molecule has 2 aromatic heterocycles. The number of nitrogens with zero attached hydrogens (tertiary/aromatic N) is 3. The maximum Gasteiger partial charge on any atom is 0.305 e. The summed E-state index contributed by atoms with van der Waals surface area (Å²) in [5.74, 6) is -1.15. The molecule has 0 radical (unpaired) electrons. The van der Waals surface area contributed by atoms with Gasteiger partial charge in [-0.1, -0.05) is 6.92 Å². The van der Waals surface area contributed by atoms with Crippen molar-refractivity contribution < 1.29 is 14.7 Å². The molecule has 0 aliphatic carbocycles. The Bertz CT molecular complexity index is 696. The second-order valence-electron chi connectivity index (χ2n) is 4.71. The first-order valence-corrected chi connectivity index (χ1v) is 7.37. The van der Waals surface area contributed by atoms with E-state index in [4.69, 9.17) is 5.11 Å². The molecule has 112 valence electrons. The Kier molecular flexibility index (Phi) is 4.62. The van der Waals surface area contributed by atoms with Gasteiger partial charge >= 0.3 is 5.97 Å². The molecule has 0 bridgehead atoms. The van der Waals surface area contributed by atoms with E-state index >= 15 is 0 Å². The molecule has 2 aromatic rings. The van der Waals surface area contributed by atoms with Crippen molar-refractivity contribution >= 4 is 33.5 Å². The third-order valence-corrected chi connectivity index (χ3v) is 3.67. The predicted molar refractivity (Wildman–Crippen MR) is 81.5 cm³/mol. The first-order valence-electron chi connectivity index (χ1n) is 6.57. The number of rotatable bonds is 5. The third kappa shape index (κ3) is 3.24. The number of pyridine rings is 1. The summed E-state index contributed by atoms with van der Waals surface area (Å²) in [6.45, 7) is 2.10. The van der Waals surface area contributed by atoms with Gasteiger partial charge in [-0.15, -0.1) is 0 Å². The van der Waals surface area contributed by atoms with Crippen LogP contribution in [0.3, 0.4) is 0 Å². The SMILES string of the molecule is CCc1nc2ccc(Br)cn2c1C(=O)N(C)CCC(=O)O. The lowest BCUT2D eigenvalue weighted by Gasteiger charge is -2.16. The second kappa shape index (κ2) is 6.26. The van der Waals surface area contributed by atoms with E-state index in [1.807, 2.05) is 19.1 Å². The van der Waals surface area contributed by atoms with Crippen molar-refractivity contribution in [2.75, 3.05) is 13.6 Å².